The maximum absolute atomic E-state index is 12.4. The fourth-order valence-electron chi connectivity index (χ4n) is 3.17. The van der Waals surface area contributed by atoms with Crippen molar-refractivity contribution in [2.24, 2.45) is 4.99 Å². The fraction of sp³-hybridized carbons (Fsp3) is 0.120. The molecule has 0 saturated carbocycles. The molecule has 1 fully saturated rings. The molecule has 3 aromatic carbocycles. The number of ether oxygens (including phenoxy) is 2. The van der Waals surface area contributed by atoms with Crippen molar-refractivity contribution in [3.05, 3.63) is 98.9 Å². The minimum atomic E-state index is -0.440. The summed E-state index contributed by atoms with van der Waals surface area (Å²) < 4.78 is 11.6. The Balaban J connectivity index is 1.50. The number of nitro groups is 1. The Labute approximate surface area is 200 Å². The standard InChI is InChI=1S/C25H21N3O5S/c1-2-32-22-14-17(11-12-21(22)33-16-18-7-6-10-20(13-18)28(30)31)15-23-24(29)27-25(34-23)26-19-8-4-3-5-9-19/h3-15H,2,16H2,1H3,(H,26,27,29)/b23-15+. The predicted octanol–water partition coefficient (Wildman–Crippen LogP) is 5.46. The number of non-ortho nitro benzene ring substituents is 1. The Hall–Kier alpha value is -4.11. The smallest absolute Gasteiger partial charge is 0.269 e. The van der Waals surface area contributed by atoms with E-state index in [2.05, 4.69) is 10.3 Å². The summed E-state index contributed by atoms with van der Waals surface area (Å²) in [5, 5.41) is 14.3. The van der Waals surface area contributed by atoms with Crippen molar-refractivity contribution in [3.8, 4) is 11.5 Å². The van der Waals surface area contributed by atoms with E-state index in [1.807, 2.05) is 43.3 Å². The first-order valence-corrected chi connectivity index (χ1v) is 11.3. The lowest BCUT2D eigenvalue weighted by molar-refractivity contribution is -0.384. The first-order valence-electron chi connectivity index (χ1n) is 10.5. The van der Waals surface area contributed by atoms with Gasteiger partial charge in [-0.25, -0.2) is 4.99 Å². The number of carbonyl (C=O) groups is 1. The molecule has 172 valence electrons. The van der Waals surface area contributed by atoms with Gasteiger partial charge in [0.15, 0.2) is 16.7 Å². The predicted molar refractivity (Wildman–Crippen MR) is 132 cm³/mol. The summed E-state index contributed by atoms with van der Waals surface area (Å²) in [7, 11) is 0. The molecule has 8 nitrogen and oxygen atoms in total. The van der Waals surface area contributed by atoms with Crippen LogP contribution in [0.25, 0.3) is 6.08 Å². The molecule has 0 aromatic heterocycles. The Morgan fingerprint density at radius 3 is 2.62 bits per heavy atom. The van der Waals surface area contributed by atoms with Crippen LogP contribution in [-0.4, -0.2) is 22.6 Å². The number of nitrogens with one attached hydrogen (secondary N) is 1. The van der Waals surface area contributed by atoms with E-state index in [1.54, 1.807) is 30.3 Å². The normalized spacial score (nSPS) is 15.4. The number of benzene rings is 3. The van der Waals surface area contributed by atoms with Crippen LogP contribution in [0.2, 0.25) is 0 Å². The van der Waals surface area contributed by atoms with Crippen molar-refractivity contribution in [1.82, 2.24) is 5.32 Å². The third kappa shape index (κ3) is 5.81. The molecule has 4 rings (SSSR count). The zero-order valence-corrected chi connectivity index (χ0v) is 19.1. The minimum Gasteiger partial charge on any atom is -0.490 e. The molecule has 0 radical (unpaired) electrons. The molecule has 0 atom stereocenters. The number of amides is 1. The van der Waals surface area contributed by atoms with E-state index in [0.29, 0.717) is 33.7 Å². The third-order valence-corrected chi connectivity index (χ3v) is 5.63. The van der Waals surface area contributed by atoms with Gasteiger partial charge in [-0.05, 0) is 60.2 Å². The van der Waals surface area contributed by atoms with Crippen molar-refractivity contribution in [2.75, 3.05) is 6.61 Å². The average molecular weight is 476 g/mol. The highest BCUT2D eigenvalue weighted by Crippen LogP contribution is 2.33. The number of rotatable bonds is 8. The quantitative estimate of drug-likeness (QED) is 0.263. The molecule has 1 aliphatic rings. The zero-order valence-electron chi connectivity index (χ0n) is 18.3. The fourth-order valence-corrected chi connectivity index (χ4v) is 4.02. The van der Waals surface area contributed by atoms with Gasteiger partial charge in [0, 0.05) is 12.1 Å². The molecule has 0 unspecified atom stereocenters. The van der Waals surface area contributed by atoms with Gasteiger partial charge in [-0.3, -0.25) is 14.9 Å². The van der Waals surface area contributed by atoms with Crippen molar-refractivity contribution >= 4 is 40.3 Å². The van der Waals surface area contributed by atoms with Crippen LogP contribution in [0.4, 0.5) is 11.4 Å². The van der Waals surface area contributed by atoms with Gasteiger partial charge in [-0.1, -0.05) is 36.4 Å². The lowest BCUT2D eigenvalue weighted by atomic mass is 10.1. The highest BCUT2D eigenvalue weighted by Gasteiger charge is 2.24. The molecule has 0 spiro atoms. The molecule has 34 heavy (non-hydrogen) atoms. The van der Waals surface area contributed by atoms with E-state index in [1.165, 1.54) is 23.9 Å². The molecule has 0 bridgehead atoms. The number of para-hydroxylation sites is 1. The molecule has 1 heterocycles. The Morgan fingerprint density at radius 1 is 1.03 bits per heavy atom. The second kappa shape index (κ2) is 10.7. The van der Waals surface area contributed by atoms with Crippen molar-refractivity contribution in [1.29, 1.82) is 0 Å². The lowest BCUT2D eigenvalue weighted by Crippen LogP contribution is -2.19. The summed E-state index contributed by atoms with van der Waals surface area (Å²) in [4.78, 5) is 27.9. The Bertz CT molecular complexity index is 1270. The number of nitrogens with zero attached hydrogens (tertiary/aromatic N) is 2. The summed E-state index contributed by atoms with van der Waals surface area (Å²) in [5.74, 6) is 0.804. The van der Waals surface area contributed by atoms with E-state index >= 15 is 0 Å². The van der Waals surface area contributed by atoms with Gasteiger partial charge >= 0.3 is 0 Å². The molecule has 3 aromatic rings. The number of hydrogen-bond acceptors (Lipinski definition) is 7. The number of aliphatic imine (C=N–C) groups is 1. The van der Waals surface area contributed by atoms with E-state index in [-0.39, 0.29) is 18.2 Å². The topological polar surface area (TPSA) is 103 Å². The molecule has 1 amide bonds. The number of nitro benzene ring substituents is 1. The first-order chi connectivity index (χ1) is 16.5. The van der Waals surface area contributed by atoms with Crippen LogP contribution in [0, 0.1) is 10.1 Å². The van der Waals surface area contributed by atoms with Gasteiger partial charge in [-0.15, -0.1) is 0 Å². The van der Waals surface area contributed by atoms with Gasteiger partial charge in [-0.2, -0.15) is 0 Å². The van der Waals surface area contributed by atoms with Crippen LogP contribution in [0.3, 0.4) is 0 Å². The number of amidine groups is 1. The van der Waals surface area contributed by atoms with E-state index in [9.17, 15) is 14.9 Å². The second-order valence-corrected chi connectivity index (χ2v) is 8.20. The van der Waals surface area contributed by atoms with Crippen LogP contribution in [0.15, 0.2) is 82.7 Å². The van der Waals surface area contributed by atoms with Gasteiger partial charge < -0.3 is 14.8 Å². The molecular formula is C25H21N3O5S. The van der Waals surface area contributed by atoms with Crippen LogP contribution >= 0.6 is 11.8 Å². The average Bonchev–Trinajstić information content (AvgIpc) is 3.17. The number of thioether (sulfide) groups is 1. The second-order valence-electron chi connectivity index (χ2n) is 7.17. The van der Waals surface area contributed by atoms with Crippen LogP contribution < -0.4 is 14.8 Å². The molecule has 0 aliphatic carbocycles. The summed E-state index contributed by atoms with van der Waals surface area (Å²) in [6.45, 7) is 2.44. The maximum Gasteiger partial charge on any atom is 0.269 e. The molecular weight excluding hydrogens is 454 g/mol. The Kier molecular flexibility index (Phi) is 7.24. The van der Waals surface area contributed by atoms with E-state index in [0.717, 1.165) is 11.3 Å². The maximum atomic E-state index is 12.4. The summed E-state index contributed by atoms with van der Waals surface area (Å²) in [6, 6.07) is 21.1. The molecule has 9 heteroatoms. The third-order valence-electron chi connectivity index (χ3n) is 4.72. The van der Waals surface area contributed by atoms with Gasteiger partial charge in [0.2, 0.25) is 0 Å². The highest BCUT2D eigenvalue weighted by molar-refractivity contribution is 8.18. The monoisotopic (exact) mass is 475 g/mol. The first kappa shape index (κ1) is 23.1. The number of hydrogen-bond donors (Lipinski definition) is 1. The molecule has 1 N–H and O–H groups in total. The van der Waals surface area contributed by atoms with Crippen molar-refractivity contribution < 1.29 is 19.2 Å². The summed E-state index contributed by atoms with van der Waals surface area (Å²) in [5.41, 5.74) is 2.21. The van der Waals surface area contributed by atoms with Crippen LogP contribution in [-0.2, 0) is 11.4 Å². The van der Waals surface area contributed by atoms with Gasteiger partial charge in [0.05, 0.1) is 22.1 Å². The van der Waals surface area contributed by atoms with Crippen LogP contribution in [0.5, 0.6) is 11.5 Å². The zero-order chi connectivity index (χ0) is 23.9. The number of carbonyl (C=O) groups excluding carboxylic acids is 1. The SMILES string of the molecule is CCOc1cc(/C=C2/SC(=Nc3ccccc3)NC2=O)ccc1OCc1cccc([N+](=O)[O-])c1. The van der Waals surface area contributed by atoms with E-state index < -0.39 is 4.92 Å². The molecule has 1 saturated heterocycles. The van der Waals surface area contributed by atoms with Gasteiger partial charge in [0.25, 0.3) is 11.6 Å². The largest absolute Gasteiger partial charge is 0.490 e. The lowest BCUT2D eigenvalue weighted by Gasteiger charge is -2.13. The summed E-state index contributed by atoms with van der Waals surface area (Å²) in [6.07, 6.45) is 1.76. The summed E-state index contributed by atoms with van der Waals surface area (Å²) >= 11 is 1.27. The van der Waals surface area contributed by atoms with Crippen LogP contribution in [0.1, 0.15) is 18.1 Å². The van der Waals surface area contributed by atoms with Gasteiger partial charge in [0.1, 0.15) is 6.61 Å². The Morgan fingerprint density at radius 2 is 1.85 bits per heavy atom. The minimum absolute atomic E-state index is 0.00983. The molecule has 1 aliphatic heterocycles. The highest BCUT2D eigenvalue weighted by atomic mass is 32.2. The van der Waals surface area contributed by atoms with E-state index in [4.69, 9.17) is 9.47 Å². The van der Waals surface area contributed by atoms with Crippen molar-refractivity contribution in [2.45, 2.75) is 13.5 Å². The van der Waals surface area contributed by atoms with Crippen molar-refractivity contribution in [3.63, 3.8) is 0 Å².